The quantitative estimate of drug-likeness (QED) is 0.664. The monoisotopic (exact) mass is 377 g/mol. The smallest absolute Gasteiger partial charge is 0.356 e. The second-order valence-corrected chi connectivity index (χ2v) is 7.48. The summed E-state index contributed by atoms with van der Waals surface area (Å²) in [5.74, 6) is 0.387. The van der Waals surface area contributed by atoms with Crippen LogP contribution in [0, 0.1) is 5.41 Å². The van der Waals surface area contributed by atoms with Gasteiger partial charge in [0.05, 0.1) is 0 Å². The average molecular weight is 377 g/mol. The number of alkyl halides is 3. The maximum absolute atomic E-state index is 13.0. The number of anilines is 1. The molecule has 1 fully saturated rings. The number of benzene rings is 1. The number of aryl methyl sites for hydroxylation is 1. The van der Waals surface area contributed by atoms with Gasteiger partial charge in [-0.1, -0.05) is 37.3 Å². The normalized spacial score (nSPS) is 20.7. The molecular formula is C21H26F3N3. The highest BCUT2D eigenvalue weighted by Crippen LogP contribution is 2.40. The molecule has 1 atom stereocenters. The highest BCUT2D eigenvalue weighted by molar-refractivity contribution is 5.40. The van der Waals surface area contributed by atoms with E-state index < -0.39 is 11.9 Å². The van der Waals surface area contributed by atoms with Crippen LogP contribution in [0.1, 0.15) is 50.3 Å². The first-order valence-electron chi connectivity index (χ1n) is 9.60. The van der Waals surface area contributed by atoms with Crippen LogP contribution in [-0.4, -0.2) is 23.1 Å². The van der Waals surface area contributed by atoms with Gasteiger partial charge in [-0.25, -0.2) is 9.97 Å². The van der Waals surface area contributed by atoms with E-state index in [1.54, 1.807) is 0 Å². The zero-order valence-corrected chi connectivity index (χ0v) is 15.7. The molecule has 6 heteroatoms. The molecule has 0 saturated carbocycles. The lowest BCUT2D eigenvalue weighted by molar-refractivity contribution is -0.141. The number of hydrogen-bond acceptors (Lipinski definition) is 3. The van der Waals surface area contributed by atoms with Crippen LogP contribution in [-0.2, 0) is 12.6 Å². The van der Waals surface area contributed by atoms with E-state index in [0.29, 0.717) is 5.82 Å². The lowest BCUT2D eigenvalue weighted by Gasteiger charge is -2.43. The van der Waals surface area contributed by atoms with Crippen molar-refractivity contribution in [2.75, 3.05) is 18.0 Å². The largest absolute Gasteiger partial charge is 0.433 e. The van der Waals surface area contributed by atoms with Crippen molar-refractivity contribution in [3.8, 4) is 0 Å². The van der Waals surface area contributed by atoms with Gasteiger partial charge in [0.2, 0.25) is 0 Å². The number of piperidine rings is 1. The van der Waals surface area contributed by atoms with Crippen LogP contribution in [0.2, 0.25) is 0 Å². The molecule has 0 bridgehead atoms. The molecule has 2 heterocycles. The SMILES string of the molecule is CCC1(CCCc2ccccc2)CCCN(c2cc(C(F)(F)F)ncn2)C1. The molecule has 1 unspecified atom stereocenters. The van der Waals surface area contributed by atoms with Crippen LogP contribution in [0.25, 0.3) is 0 Å². The maximum atomic E-state index is 13.0. The van der Waals surface area contributed by atoms with Crippen molar-refractivity contribution in [1.82, 2.24) is 9.97 Å². The maximum Gasteiger partial charge on any atom is 0.433 e. The Bertz CT molecular complexity index is 733. The van der Waals surface area contributed by atoms with Crippen molar-refractivity contribution >= 4 is 5.82 Å². The van der Waals surface area contributed by atoms with Crippen LogP contribution in [0.4, 0.5) is 19.0 Å². The minimum absolute atomic E-state index is 0.135. The summed E-state index contributed by atoms with van der Waals surface area (Å²) < 4.78 is 38.9. The Labute approximate surface area is 158 Å². The summed E-state index contributed by atoms with van der Waals surface area (Å²) >= 11 is 0. The van der Waals surface area contributed by atoms with Gasteiger partial charge in [0.1, 0.15) is 17.8 Å². The van der Waals surface area contributed by atoms with E-state index in [-0.39, 0.29) is 5.41 Å². The van der Waals surface area contributed by atoms with Crippen LogP contribution >= 0.6 is 0 Å². The highest BCUT2D eigenvalue weighted by atomic mass is 19.4. The second-order valence-electron chi connectivity index (χ2n) is 7.48. The van der Waals surface area contributed by atoms with Gasteiger partial charge in [-0.05, 0) is 49.5 Å². The summed E-state index contributed by atoms with van der Waals surface area (Å²) in [5.41, 5.74) is 0.599. The van der Waals surface area contributed by atoms with Crippen molar-refractivity contribution in [2.45, 2.75) is 51.6 Å². The van der Waals surface area contributed by atoms with Gasteiger partial charge in [0.25, 0.3) is 0 Å². The summed E-state index contributed by atoms with van der Waals surface area (Å²) in [6, 6.07) is 11.5. The standard InChI is InChI=1S/C21H26F3N3/c1-2-20(11-6-10-17-8-4-3-5-9-17)12-7-13-27(15-20)19-14-18(21(22,23)24)25-16-26-19/h3-5,8-9,14,16H,2,6-7,10-13,15H2,1H3. The molecule has 2 aromatic rings. The minimum Gasteiger partial charge on any atom is -0.356 e. The molecule has 0 spiro atoms. The molecule has 0 amide bonds. The molecule has 1 saturated heterocycles. The van der Waals surface area contributed by atoms with E-state index in [0.717, 1.165) is 64.0 Å². The number of nitrogens with zero attached hydrogens (tertiary/aromatic N) is 3. The topological polar surface area (TPSA) is 29.0 Å². The molecule has 0 N–H and O–H groups in total. The third-order valence-electron chi connectivity index (χ3n) is 5.69. The van der Waals surface area contributed by atoms with E-state index in [2.05, 4.69) is 41.2 Å². The molecule has 1 aliphatic rings. The van der Waals surface area contributed by atoms with E-state index in [4.69, 9.17) is 0 Å². The van der Waals surface area contributed by atoms with Crippen LogP contribution in [0.3, 0.4) is 0 Å². The first-order chi connectivity index (χ1) is 12.9. The fourth-order valence-corrected chi connectivity index (χ4v) is 4.06. The van der Waals surface area contributed by atoms with Crippen molar-refractivity contribution in [2.24, 2.45) is 5.41 Å². The third kappa shape index (κ3) is 4.99. The van der Waals surface area contributed by atoms with Crippen molar-refractivity contribution in [1.29, 1.82) is 0 Å². The third-order valence-corrected chi connectivity index (χ3v) is 5.69. The van der Waals surface area contributed by atoms with Crippen molar-refractivity contribution in [3.63, 3.8) is 0 Å². The first-order valence-corrected chi connectivity index (χ1v) is 9.60. The van der Waals surface area contributed by atoms with Gasteiger partial charge in [-0.15, -0.1) is 0 Å². The Hall–Kier alpha value is -2.11. The first kappa shape index (κ1) is 19.6. The predicted octanol–water partition coefficient (Wildman–Crippen LogP) is 5.51. The van der Waals surface area contributed by atoms with Crippen molar-refractivity contribution in [3.05, 3.63) is 54.0 Å². The lowest BCUT2D eigenvalue weighted by Crippen LogP contribution is -2.43. The van der Waals surface area contributed by atoms with E-state index in [1.165, 1.54) is 5.56 Å². The molecule has 3 rings (SSSR count). The molecule has 27 heavy (non-hydrogen) atoms. The number of halogens is 3. The molecule has 1 aromatic carbocycles. The molecule has 0 aliphatic carbocycles. The molecule has 3 nitrogen and oxygen atoms in total. The van der Waals surface area contributed by atoms with Crippen LogP contribution in [0.5, 0.6) is 0 Å². The molecule has 0 radical (unpaired) electrons. The summed E-state index contributed by atoms with van der Waals surface area (Å²) in [6.45, 7) is 3.69. The average Bonchev–Trinajstić information content (AvgIpc) is 2.68. The van der Waals surface area contributed by atoms with Crippen molar-refractivity contribution < 1.29 is 13.2 Å². The number of rotatable bonds is 6. The zero-order chi connectivity index (χ0) is 19.3. The van der Waals surface area contributed by atoms with E-state index >= 15 is 0 Å². The molecular weight excluding hydrogens is 351 g/mol. The summed E-state index contributed by atoms with van der Waals surface area (Å²) in [7, 11) is 0. The Morgan fingerprint density at radius 3 is 2.63 bits per heavy atom. The van der Waals surface area contributed by atoms with Gasteiger partial charge in [-0.2, -0.15) is 13.2 Å². The van der Waals surface area contributed by atoms with Gasteiger partial charge in [0, 0.05) is 19.2 Å². The fourth-order valence-electron chi connectivity index (χ4n) is 4.06. The molecule has 146 valence electrons. The lowest BCUT2D eigenvalue weighted by atomic mass is 9.73. The van der Waals surface area contributed by atoms with Gasteiger partial charge in [-0.3, -0.25) is 0 Å². The van der Waals surface area contributed by atoms with E-state index in [9.17, 15) is 13.2 Å². The number of hydrogen-bond donors (Lipinski definition) is 0. The zero-order valence-electron chi connectivity index (χ0n) is 15.7. The predicted molar refractivity (Wildman–Crippen MR) is 101 cm³/mol. The fraction of sp³-hybridized carbons (Fsp3) is 0.524. The van der Waals surface area contributed by atoms with Gasteiger partial charge < -0.3 is 4.90 Å². The van der Waals surface area contributed by atoms with Crippen LogP contribution in [0.15, 0.2) is 42.7 Å². The summed E-state index contributed by atoms with van der Waals surface area (Å²) in [5, 5.41) is 0. The Kier molecular flexibility index (Phi) is 6.02. The summed E-state index contributed by atoms with van der Waals surface area (Å²) in [4.78, 5) is 9.51. The van der Waals surface area contributed by atoms with Gasteiger partial charge in [0.15, 0.2) is 0 Å². The van der Waals surface area contributed by atoms with E-state index in [1.807, 2.05) is 11.0 Å². The Morgan fingerprint density at radius 1 is 1.15 bits per heavy atom. The molecule has 1 aliphatic heterocycles. The number of aromatic nitrogens is 2. The molecule has 1 aromatic heterocycles. The van der Waals surface area contributed by atoms with Crippen LogP contribution < -0.4 is 4.90 Å². The minimum atomic E-state index is -4.44. The second kappa shape index (κ2) is 8.28. The Balaban J connectivity index is 1.67. The highest BCUT2D eigenvalue weighted by Gasteiger charge is 2.36. The Morgan fingerprint density at radius 2 is 1.93 bits per heavy atom. The van der Waals surface area contributed by atoms with Gasteiger partial charge >= 0.3 is 6.18 Å². The summed E-state index contributed by atoms with van der Waals surface area (Å²) in [6.07, 6.45) is 2.90.